The van der Waals surface area contributed by atoms with Crippen LogP contribution in [0.1, 0.15) is 24.6 Å². The molecule has 74 valence electrons. The van der Waals surface area contributed by atoms with Gasteiger partial charge in [-0.05, 0) is 19.1 Å². The van der Waals surface area contributed by atoms with Crippen LogP contribution >= 0.6 is 0 Å². The predicted octanol–water partition coefficient (Wildman–Crippen LogP) is 1.88. The van der Waals surface area contributed by atoms with Crippen molar-refractivity contribution >= 4 is 6.01 Å². The second kappa shape index (κ2) is 3.53. The van der Waals surface area contributed by atoms with Crippen molar-refractivity contribution in [1.82, 2.24) is 15.2 Å². The Balaban J connectivity index is 2.05. The van der Waals surface area contributed by atoms with Gasteiger partial charge in [0, 0.05) is 18.8 Å². The lowest BCUT2D eigenvalue weighted by Crippen LogP contribution is -2.06. The third kappa shape index (κ3) is 1.76. The lowest BCUT2D eigenvalue weighted by Gasteiger charge is -2.08. The Hall–Kier alpha value is -1.78. The molecule has 5 nitrogen and oxygen atoms in total. The maximum atomic E-state index is 5.20. The van der Waals surface area contributed by atoms with Crippen molar-refractivity contribution in [1.29, 1.82) is 0 Å². The molecule has 0 aliphatic heterocycles. The van der Waals surface area contributed by atoms with E-state index in [2.05, 4.69) is 20.5 Å². The average Bonchev–Trinajstić information content (AvgIpc) is 2.75. The number of rotatable bonds is 3. The standard InChI is InChI=1S/C9H12N4O/c1-6(8-4-3-5-10-8)11-9-13-12-7(2)14-9/h3-6,10H,1-2H3,(H,11,13). The third-order valence-corrected chi connectivity index (χ3v) is 1.95. The zero-order valence-electron chi connectivity index (χ0n) is 8.11. The maximum Gasteiger partial charge on any atom is 0.315 e. The molecule has 0 aliphatic carbocycles. The van der Waals surface area contributed by atoms with Gasteiger partial charge < -0.3 is 14.7 Å². The largest absolute Gasteiger partial charge is 0.408 e. The summed E-state index contributed by atoms with van der Waals surface area (Å²) in [5, 5.41) is 10.7. The summed E-state index contributed by atoms with van der Waals surface area (Å²) in [7, 11) is 0. The molecule has 0 amide bonds. The molecular weight excluding hydrogens is 180 g/mol. The summed E-state index contributed by atoms with van der Waals surface area (Å²) in [4.78, 5) is 3.11. The number of hydrogen-bond donors (Lipinski definition) is 2. The highest BCUT2D eigenvalue weighted by molar-refractivity contribution is 5.24. The number of aromatic nitrogens is 3. The Morgan fingerprint density at radius 3 is 2.93 bits per heavy atom. The van der Waals surface area contributed by atoms with Crippen LogP contribution in [0.15, 0.2) is 22.7 Å². The van der Waals surface area contributed by atoms with Crippen molar-refractivity contribution in [3.05, 3.63) is 29.9 Å². The van der Waals surface area contributed by atoms with E-state index in [1.54, 1.807) is 6.92 Å². The molecule has 0 aliphatic rings. The number of aryl methyl sites for hydroxylation is 1. The molecule has 1 atom stereocenters. The zero-order chi connectivity index (χ0) is 9.97. The third-order valence-electron chi connectivity index (χ3n) is 1.95. The minimum Gasteiger partial charge on any atom is -0.408 e. The summed E-state index contributed by atoms with van der Waals surface area (Å²) in [5.74, 6) is 0.561. The first kappa shape index (κ1) is 8.80. The number of H-pyrrole nitrogens is 1. The SMILES string of the molecule is Cc1nnc(NC(C)c2ccc[nH]2)o1. The van der Waals surface area contributed by atoms with Crippen molar-refractivity contribution in [3.63, 3.8) is 0 Å². The van der Waals surface area contributed by atoms with Crippen molar-refractivity contribution in [3.8, 4) is 0 Å². The van der Waals surface area contributed by atoms with Crippen LogP contribution in [0, 0.1) is 6.92 Å². The Labute approximate surface area is 81.5 Å². The van der Waals surface area contributed by atoms with Crippen molar-refractivity contribution in [2.45, 2.75) is 19.9 Å². The van der Waals surface area contributed by atoms with E-state index in [-0.39, 0.29) is 6.04 Å². The zero-order valence-corrected chi connectivity index (χ0v) is 8.11. The number of aromatic amines is 1. The fraction of sp³-hybridized carbons (Fsp3) is 0.333. The second-order valence-electron chi connectivity index (χ2n) is 3.12. The number of hydrogen-bond acceptors (Lipinski definition) is 4. The smallest absolute Gasteiger partial charge is 0.315 e. The van der Waals surface area contributed by atoms with E-state index in [0.717, 1.165) is 5.69 Å². The molecule has 2 aromatic heterocycles. The minimum atomic E-state index is 0.129. The van der Waals surface area contributed by atoms with Crippen LogP contribution in [0.3, 0.4) is 0 Å². The molecular formula is C9H12N4O. The lowest BCUT2D eigenvalue weighted by molar-refractivity contribution is 0.525. The monoisotopic (exact) mass is 192 g/mol. The molecule has 0 spiro atoms. The molecule has 14 heavy (non-hydrogen) atoms. The van der Waals surface area contributed by atoms with Crippen LogP contribution in [0.4, 0.5) is 6.01 Å². The summed E-state index contributed by atoms with van der Waals surface area (Å²) in [6, 6.07) is 4.53. The molecule has 2 heterocycles. The predicted molar refractivity (Wildman–Crippen MR) is 51.9 cm³/mol. The first-order valence-corrected chi connectivity index (χ1v) is 4.45. The van der Waals surface area contributed by atoms with Crippen molar-refractivity contribution in [2.75, 3.05) is 5.32 Å². The van der Waals surface area contributed by atoms with Gasteiger partial charge in [0.1, 0.15) is 0 Å². The Kier molecular flexibility index (Phi) is 2.22. The summed E-state index contributed by atoms with van der Waals surface area (Å²) >= 11 is 0. The molecule has 0 aromatic carbocycles. The highest BCUT2D eigenvalue weighted by Crippen LogP contribution is 2.15. The Bertz CT molecular complexity index is 393. The molecule has 0 bridgehead atoms. The van der Waals surface area contributed by atoms with E-state index in [1.807, 2.05) is 25.3 Å². The van der Waals surface area contributed by atoms with Gasteiger partial charge in [0.25, 0.3) is 0 Å². The topological polar surface area (TPSA) is 66.7 Å². The fourth-order valence-corrected chi connectivity index (χ4v) is 1.23. The number of anilines is 1. The highest BCUT2D eigenvalue weighted by atomic mass is 16.4. The first-order valence-electron chi connectivity index (χ1n) is 4.45. The quantitative estimate of drug-likeness (QED) is 0.779. The number of nitrogens with zero attached hydrogens (tertiary/aromatic N) is 2. The molecule has 0 saturated heterocycles. The molecule has 5 heteroatoms. The van der Waals surface area contributed by atoms with Gasteiger partial charge >= 0.3 is 6.01 Å². The van der Waals surface area contributed by atoms with Gasteiger partial charge in [-0.15, -0.1) is 5.10 Å². The minimum absolute atomic E-state index is 0.129. The molecule has 2 rings (SSSR count). The molecule has 0 radical (unpaired) electrons. The van der Waals surface area contributed by atoms with Crippen molar-refractivity contribution in [2.24, 2.45) is 0 Å². The Morgan fingerprint density at radius 2 is 2.36 bits per heavy atom. The van der Waals surface area contributed by atoms with E-state index < -0.39 is 0 Å². The molecule has 1 unspecified atom stereocenters. The van der Waals surface area contributed by atoms with Gasteiger partial charge in [0.05, 0.1) is 6.04 Å². The maximum absolute atomic E-state index is 5.20. The van der Waals surface area contributed by atoms with Crippen LogP contribution in [0.5, 0.6) is 0 Å². The van der Waals surface area contributed by atoms with Gasteiger partial charge in [-0.25, -0.2) is 0 Å². The van der Waals surface area contributed by atoms with Crippen LogP contribution in [0.25, 0.3) is 0 Å². The van der Waals surface area contributed by atoms with Crippen LogP contribution in [0.2, 0.25) is 0 Å². The van der Waals surface area contributed by atoms with Gasteiger partial charge in [-0.1, -0.05) is 5.10 Å². The molecule has 2 aromatic rings. The van der Waals surface area contributed by atoms with E-state index in [9.17, 15) is 0 Å². The van der Waals surface area contributed by atoms with Gasteiger partial charge in [-0.3, -0.25) is 0 Å². The number of nitrogens with one attached hydrogen (secondary N) is 2. The Morgan fingerprint density at radius 1 is 1.50 bits per heavy atom. The highest BCUT2D eigenvalue weighted by Gasteiger charge is 2.09. The summed E-state index contributed by atoms with van der Waals surface area (Å²) < 4.78 is 5.20. The van der Waals surface area contributed by atoms with Crippen LogP contribution < -0.4 is 5.32 Å². The average molecular weight is 192 g/mol. The van der Waals surface area contributed by atoms with Gasteiger partial charge in [0.15, 0.2) is 0 Å². The van der Waals surface area contributed by atoms with Crippen molar-refractivity contribution < 1.29 is 4.42 Å². The van der Waals surface area contributed by atoms with E-state index >= 15 is 0 Å². The van der Waals surface area contributed by atoms with E-state index in [0.29, 0.717) is 11.9 Å². The summed E-state index contributed by atoms with van der Waals surface area (Å²) in [6.07, 6.45) is 1.88. The summed E-state index contributed by atoms with van der Waals surface area (Å²) in [5.41, 5.74) is 1.08. The normalized spacial score (nSPS) is 12.7. The van der Waals surface area contributed by atoms with E-state index in [1.165, 1.54) is 0 Å². The van der Waals surface area contributed by atoms with Crippen LogP contribution in [-0.4, -0.2) is 15.2 Å². The fourth-order valence-electron chi connectivity index (χ4n) is 1.23. The molecule has 0 saturated carbocycles. The van der Waals surface area contributed by atoms with Gasteiger partial charge in [0.2, 0.25) is 5.89 Å². The van der Waals surface area contributed by atoms with E-state index in [4.69, 9.17) is 4.42 Å². The first-order chi connectivity index (χ1) is 6.75. The van der Waals surface area contributed by atoms with Crippen LogP contribution in [-0.2, 0) is 0 Å². The second-order valence-corrected chi connectivity index (χ2v) is 3.12. The molecule has 0 fully saturated rings. The molecule has 2 N–H and O–H groups in total. The lowest BCUT2D eigenvalue weighted by atomic mass is 10.2. The summed E-state index contributed by atoms with van der Waals surface area (Å²) in [6.45, 7) is 3.78. The van der Waals surface area contributed by atoms with Gasteiger partial charge in [-0.2, -0.15) is 0 Å².